The van der Waals surface area contributed by atoms with E-state index in [-0.39, 0.29) is 6.04 Å². The van der Waals surface area contributed by atoms with Crippen LogP contribution in [0.4, 0.5) is 8.78 Å². The summed E-state index contributed by atoms with van der Waals surface area (Å²) in [6.45, 7) is 3.86. The van der Waals surface area contributed by atoms with Crippen LogP contribution in [0, 0.1) is 18.6 Å². The van der Waals surface area contributed by atoms with Gasteiger partial charge in [0.15, 0.2) is 11.6 Å². The molecule has 1 atom stereocenters. The van der Waals surface area contributed by atoms with Crippen molar-refractivity contribution in [2.24, 2.45) is 0 Å². The van der Waals surface area contributed by atoms with Gasteiger partial charge in [-0.05, 0) is 50.1 Å². The number of halogens is 2. The molecule has 0 radical (unpaired) electrons. The highest BCUT2D eigenvalue weighted by atomic mass is 19.2. The van der Waals surface area contributed by atoms with Crippen LogP contribution in [0.15, 0.2) is 24.3 Å². The zero-order valence-electron chi connectivity index (χ0n) is 12.5. The molecule has 0 bridgehead atoms. The van der Waals surface area contributed by atoms with Gasteiger partial charge in [-0.15, -0.1) is 0 Å². The Hall–Kier alpha value is -1.88. The number of benzene rings is 1. The van der Waals surface area contributed by atoms with Gasteiger partial charge in [-0.2, -0.15) is 10.2 Å². The standard InChI is InChI=1S/C16H19F2N3/c1-4-14-12(8-10(2)20-21-14)15(19-3)9-11-6-5-7-13(17)16(11)18/h5-8,15,19H,4,9H2,1-3H3. The lowest BCUT2D eigenvalue weighted by atomic mass is 9.96. The lowest BCUT2D eigenvalue weighted by Gasteiger charge is -2.19. The summed E-state index contributed by atoms with van der Waals surface area (Å²) in [5.74, 6) is -1.60. The molecule has 0 fully saturated rings. The minimum atomic E-state index is -0.817. The van der Waals surface area contributed by atoms with E-state index in [1.807, 2.05) is 19.9 Å². The van der Waals surface area contributed by atoms with Crippen LogP contribution in [0.1, 0.15) is 35.5 Å². The van der Waals surface area contributed by atoms with Crippen molar-refractivity contribution in [1.82, 2.24) is 15.5 Å². The van der Waals surface area contributed by atoms with Gasteiger partial charge in [0.05, 0.1) is 11.4 Å². The second-order valence-electron chi connectivity index (χ2n) is 5.00. The van der Waals surface area contributed by atoms with Gasteiger partial charge in [0.25, 0.3) is 0 Å². The Morgan fingerprint density at radius 3 is 2.67 bits per heavy atom. The summed E-state index contributed by atoms with van der Waals surface area (Å²) in [4.78, 5) is 0. The molecule has 1 aromatic carbocycles. The topological polar surface area (TPSA) is 37.8 Å². The van der Waals surface area contributed by atoms with Crippen LogP contribution in [-0.2, 0) is 12.8 Å². The Labute approximate surface area is 123 Å². The van der Waals surface area contributed by atoms with Crippen LogP contribution in [0.3, 0.4) is 0 Å². The average molecular weight is 291 g/mol. The van der Waals surface area contributed by atoms with Gasteiger partial charge in [-0.1, -0.05) is 19.1 Å². The third-order valence-electron chi connectivity index (χ3n) is 3.54. The molecule has 1 N–H and O–H groups in total. The Balaban J connectivity index is 2.36. The van der Waals surface area contributed by atoms with Crippen LogP contribution in [0.25, 0.3) is 0 Å². The van der Waals surface area contributed by atoms with Gasteiger partial charge in [0.1, 0.15) is 0 Å². The zero-order chi connectivity index (χ0) is 15.4. The van der Waals surface area contributed by atoms with E-state index in [1.54, 1.807) is 13.1 Å². The largest absolute Gasteiger partial charge is 0.313 e. The molecule has 0 aliphatic carbocycles. The maximum Gasteiger partial charge on any atom is 0.162 e. The number of nitrogens with zero attached hydrogens (tertiary/aromatic N) is 2. The smallest absolute Gasteiger partial charge is 0.162 e. The highest BCUT2D eigenvalue weighted by Gasteiger charge is 2.18. The normalized spacial score (nSPS) is 12.4. The fraction of sp³-hybridized carbons (Fsp3) is 0.375. The summed E-state index contributed by atoms with van der Waals surface area (Å²) in [6, 6.07) is 6.07. The van der Waals surface area contributed by atoms with Gasteiger partial charge < -0.3 is 5.32 Å². The van der Waals surface area contributed by atoms with E-state index in [1.165, 1.54) is 6.07 Å². The molecule has 0 spiro atoms. The molecule has 0 aliphatic rings. The van der Waals surface area contributed by atoms with Crippen LogP contribution < -0.4 is 5.32 Å². The second-order valence-corrected chi connectivity index (χ2v) is 5.00. The van der Waals surface area contributed by atoms with Gasteiger partial charge >= 0.3 is 0 Å². The van der Waals surface area contributed by atoms with Crippen molar-refractivity contribution in [3.8, 4) is 0 Å². The summed E-state index contributed by atoms with van der Waals surface area (Å²) < 4.78 is 27.2. The van der Waals surface area contributed by atoms with E-state index in [4.69, 9.17) is 0 Å². The molecule has 3 nitrogen and oxygen atoms in total. The first-order valence-electron chi connectivity index (χ1n) is 7.00. The predicted octanol–water partition coefficient (Wildman–Crippen LogP) is 3.13. The Morgan fingerprint density at radius 2 is 2.00 bits per heavy atom. The predicted molar refractivity (Wildman–Crippen MR) is 78.0 cm³/mol. The van der Waals surface area contributed by atoms with Crippen LogP contribution >= 0.6 is 0 Å². The van der Waals surface area contributed by atoms with Crippen LogP contribution in [0.5, 0.6) is 0 Å². The van der Waals surface area contributed by atoms with E-state index in [9.17, 15) is 8.78 Å². The quantitative estimate of drug-likeness (QED) is 0.919. The van der Waals surface area contributed by atoms with Crippen molar-refractivity contribution in [3.63, 3.8) is 0 Å². The molecule has 0 aliphatic heterocycles. The van der Waals surface area contributed by atoms with E-state index in [2.05, 4.69) is 15.5 Å². The van der Waals surface area contributed by atoms with Crippen molar-refractivity contribution in [2.75, 3.05) is 7.05 Å². The lowest BCUT2D eigenvalue weighted by Crippen LogP contribution is -2.22. The highest BCUT2D eigenvalue weighted by molar-refractivity contribution is 5.28. The molecule has 2 rings (SSSR count). The summed E-state index contributed by atoms with van der Waals surface area (Å²) in [6.07, 6.45) is 1.10. The molecular formula is C16H19F2N3. The minimum absolute atomic E-state index is 0.134. The molecule has 0 amide bonds. The number of hydrogen-bond acceptors (Lipinski definition) is 3. The average Bonchev–Trinajstić information content (AvgIpc) is 2.49. The van der Waals surface area contributed by atoms with Crippen molar-refractivity contribution < 1.29 is 8.78 Å². The number of aromatic nitrogens is 2. The van der Waals surface area contributed by atoms with E-state index in [0.29, 0.717) is 12.0 Å². The maximum absolute atomic E-state index is 13.8. The van der Waals surface area contributed by atoms with Crippen molar-refractivity contribution in [1.29, 1.82) is 0 Å². The fourth-order valence-electron chi connectivity index (χ4n) is 2.40. The second kappa shape index (κ2) is 6.72. The Kier molecular flexibility index (Phi) is 4.96. The maximum atomic E-state index is 13.8. The molecule has 112 valence electrons. The fourth-order valence-corrected chi connectivity index (χ4v) is 2.40. The number of likely N-dealkylation sites (N-methyl/N-ethyl adjacent to an activating group) is 1. The number of rotatable bonds is 5. The lowest BCUT2D eigenvalue weighted by molar-refractivity contribution is 0.485. The summed E-state index contributed by atoms with van der Waals surface area (Å²) in [7, 11) is 1.80. The number of nitrogens with one attached hydrogen (secondary N) is 1. The molecular weight excluding hydrogens is 272 g/mol. The van der Waals surface area contributed by atoms with Gasteiger partial charge in [-0.25, -0.2) is 8.78 Å². The van der Waals surface area contributed by atoms with Gasteiger partial charge in [0, 0.05) is 6.04 Å². The van der Waals surface area contributed by atoms with Crippen molar-refractivity contribution in [3.05, 3.63) is 58.4 Å². The third kappa shape index (κ3) is 3.42. The first kappa shape index (κ1) is 15.5. The van der Waals surface area contributed by atoms with E-state index < -0.39 is 11.6 Å². The first-order chi connectivity index (χ1) is 10.1. The minimum Gasteiger partial charge on any atom is -0.313 e. The van der Waals surface area contributed by atoms with Crippen LogP contribution in [-0.4, -0.2) is 17.2 Å². The molecule has 2 aromatic rings. The molecule has 1 heterocycles. The monoisotopic (exact) mass is 291 g/mol. The highest BCUT2D eigenvalue weighted by Crippen LogP contribution is 2.23. The molecule has 0 saturated carbocycles. The molecule has 1 aromatic heterocycles. The molecule has 21 heavy (non-hydrogen) atoms. The third-order valence-corrected chi connectivity index (χ3v) is 3.54. The van der Waals surface area contributed by atoms with Gasteiger partial charge in [0.2, 0.25) is 0 Å². The Bertz CT molecular complexity index is 629. The zero-order valence-corrected chi connectivity index (χ0v) is 12.5. The summed E-state index contributed by atoms with van der Waals surface area (Å²) in [5, 5.41) is 11.4. The van der Waals surface area contributed by atoms with E-state index in [0.717, 1.165) is 29.4 Å². The number of aryl methyl sites for hydroxylation is 2. The molecule has 0 saturated heterocycles. The Morgan fingerprint density at radius 1 is 1.24 bits per heavy atom. The first-order valence-corrected chi connectivity index (χ1v) is 7.00. The number of hydrogen-bond donors (Lipinski definition) is 1. The summed E-state index contributed by atoms with van der Waals surface area (Å²) >= 11 is 0. The van der Waals surface area contributed by atoms with E-state index >= 15 is 0 Å². The molecule has 5 heteroatoms. The van der Waals surface area contributed by atoms with Crippen molar-refractivity contribution >= 4 is 0 Å². The van der Waals surface area contributed by atoms with Crippen LogP contribution in [0.2, 0.25) is 0 Å². The van der Waals surface area contributed by atoms with Gasteiger partial charge in [-0.3, -0.25) is 0 Å². The van der Waals surface area contributed by atoms with Crippen molar-refractivity contribution in [2.45, 2.75) is 32.7 Å². The SMILES string of the molecule is CCc1nnc(C)cc1C(Cc1cccc(F)c1F)NC. The molecule has 1 unspecified atom stereocenters. The summed E-state index contributed by atoms with van der Waals surface area (Å²) in [5.41, 5.74) is 3.01.